The lowest BCUT2D eigenvalue weighted by atomic mass is 9.76. The van der Waals surface area contributed by atoms with E-state index in [1.807, 2.05) is 32.0 Å². The number of ether oxygens (including phenoxy) is 1. The van der Waals surface area contributed by atoms with Gasteiger partial charge >= 0.3 is 5.97 Å². The average molecular weight is 391 g/mol. The van der Waals surface area contributed by atoms with Crippen molar-refractivity contribution in [1.29, 1.82) is 0 Å². The maximum Gasteiger partial charge on any atom is 0.343 e. The second-order valence-corrected chi connectivity index (χ2v) is 8.30. The lowest BCUT2D eigenvalue weighted by molar-refractivity contribution is -0.122. The second kappa shape index (κ2) is 7.47. The molecule has 0 N–H and O–H groups in total. The number of aryl methyl sites for hydroxylation is 2. The topological polar surface area (TPSA) is 63.7 Å². The van der Waals surface area contributed by atoms with Crippen LogP contribution >= 0.6 is 0 Å². The number of nitrogens with zero attached hydrogens (tertiary/aromatic N) is 1. The Morgan fingerprint density at radius 3 is 2.21 bits per heavy atom. The molecule has 2 aromatic carbocycles. The van der Waals surface area contributed by atoms with Gasteiger partial charge in [0, 0.05) is 0 Å². The van der Waals surface area contributed by atoms with Crippen molar-refractivity contribution in [2.75, 3.05) is 4.90 Å². The number of rotatable bonds is 3. The molecule has 1 aliphatic heterocycles. The number of hydrogen-bond acceptors (Lipinski definition) is 4. The van der Waals surface area contributed by atoms with Crippen LogP contribution in [-0.4, -0.2) is 17.8 Å². The van der Waals surface area contributed by atoms with E-state index in [2.05, 4.69) is 6.92 Å². The Labute approximate surface area is 170 Å². The van der Waals surface area contributed by atoms with Gasteiger partial charge in [-0.15, -0.1) is 0 Å². The van der Waals surface area contributed by atoms with Gasteiger partial charge in [0.15, 0.2) is 0 Å². The molecule has 5 heteroatoms. The highest BCUT2D eigenvalue weighted by Crippen LogP contribution is 2.42. The first-order valence-electron chi connectivity index (χ1n) is 10.1. The largest absolute Gasteiger partial charge is 0.422 e. The minimum Gasteiger partial charge on any atom is -0.422 e. The molecule has 0 aromatic heterocycles. The summed E-state index contributed by atoms with van der Waals surface area (Å²) in [5, 5.41) is 0. The van der Waals surface area contributed by atoms with Crippen molar-refractivity contribution in [2.45, 2.75) is 40.0 Å². The quantitative estimate of drug-likeness (QED) is 0.441. The van der Waals surface area contributed by atoms with E-state index in [-0.39, 0.29) is 23.7 Å². The standard InChI is InChI=1S/C24H25NO4/c1-14-7-12-19-20(13-14)23(27)25(22(19)26)18-10-8-17(9-11-18)24(28)29-21-15(2)5-4-6-16(21)3/h4-6,8-11,14,19-20H,7,12-13H2,1-3H3/t14-,19-,20+/m0/s1. The monoisotopic (exact) mass is 391 g/mol. The Morgan fingerprint density at radius 2 is 1.55 bits per heavy atom. The van der Waals surface area contributed by atoms with Gasteiger partial charge in [0.1, 0.15) is 5.75 Å². The van der Waals surface area contributed by atoms with E-state index in [0.717, 1.165) is 30.4 Å². The van der Waals surface area contributed by atoms with Gasteiger partial charge in [-0.2, -0.15) is 0 Å². The van der Waals surface area contributed by atoms with Gasteiger partial charge in [-0.1, -0.05) is 25.1 Å². The van der Waals surface area contributed by atoms with Crippen LogP contribution in [0.25, 0.3) is 0 Å². The number of fused-ring (bicyclic) bond motifs is 1. The van der Waals surface area contributed by atoms with Gasteiger partial charge in [0.2, 0.25) is 11.8 Å². The third-order valence-electron chi connectivity index (χ3n) is 6.15. The molecule has 1 heterocycles. The van der Waals surface area contributed by atoms with Crippen LogP contribution in [0.1, 0.15) is 47.7 Å². The van der Waals surface area contributed by atoms with Gasteiger partial charge in [-0.25, -0.2) is 4.79 Å². The number of hydrogen-bond donors (Lipinski definition) is 0. The van der Waals surface area contributed by atoms with E-state index in [1.165, 1.54) is 4.90 Å². The molecule has 4 rings (SSSR count). The van der Waals surface area contributed by atoms with Crippen molar-refractivity contribution < 1.29 is 19.1 Å². The second-order valence-electron chi connectivity index (χ2n) is 8.30. The first-order valence-corrected chi connectivity index (χ1v) is 10.1. The molecule has 0 bridgehead atoms. The SMILES string of the molecule is Cc1cccc(C)c1OC(=O)c1ccc(N2C(=O)[C@H]3CC[C@H](C)C[C@H]3C2=O)cc1. The van der Waals surface area contributed by atoms with Crippen LogP contribution in [0.4, 0.5) is 5.69 Å². The predicted molar refractivity (Wildman–Crippen MR) is 110 cm³/mol. The summed E-state index contributed by atoms with van der Waals surface area (Å²) in [6.07, 6.45) is 2.52. The van der Waals surface area contributed by atoms with Gasteiger partial charge in [-0.05, 0) is 74.4 Å². The molecule has 0 unspecified atom stereocenters. The van der Waals surface area contributed by atoms with Crippen LogP contribution < -0.4 is 9.64 Å². The van der Waals surface area contributed by atoms with E-state index >= 15 is 0 Å². The number of benzene rings is 2. The van der Waals surface area contributed by atoms with Gasteiger partial charge < -0.3 is 4.74 Å². The minimum absolute atomic E-state index is 0.113. The van der Waals surface area contributed by atoms with Gasteiger partial charge in [0.05, 0.1) is 23.1 Å². The first kappa shape index (κ1) is 19.4. The lowest BCUT2D eigenvalue weighted by Crippen LogP contribution is -2.30. The number of esters is 1. The highest BCUT2D eigenvalue weighted by atomic mass is 16.5. The van der Waals surface area contributed by atoms with Crippen LogP contribution in [0.3, 0.4) is 0 Å². The molecule has 5 nitrogen and oxygen atoms in total. The summed E-state index contributed by atoms with van der Waals surface area (Å²) in [5.41, 5.74) is 2.67. The highest BCUT2D eigenvalue weighted by Gasteiger charge is 2.49. The maximum atomic E-state index is 12.8. The first-order chi connectivity index (χ1) is 13.9. The van der Waals surface area contributed by atoms with E-state index in [4.69, 9.17) is 4.74 Å². The van der Waals surface area contributed by atoms with Crippen LogP contribution in [0, 0.1) is 31.6 Å². The molecule has 1 saturated carbocycles. The Hall–Kier alpha value is -2.95. The fourth-order valence-corrected chi connectivity index (χ4v) is 4.50. The third-order valence-corrected chi connectivity index (χ3v) is 6.15. The summed E-state index contributed by atoms with van der Waals surface area (Å²) >= 11 is 0. The molecule has 29 heavy (non-hydrogen) atoms. The molecule has 2 amide bonds. The zero-order chi connectivity index (χ0) is 20.7. The minimum atomic E-state index is -0.462. The zero-order valence-corrected chi connectivity index (χ0v) is 17.0. The number of anilines is 1. The van der Waals surface area contributed by atoms with E-state index in [1.54, 1.807) is 24.3 Å². The van der Waals surface area contributed by atoms with Crippen molar-refractivity contribution in [1.82, 2.24) is 0 Å². The van der Waals surface area contributed by atoms with Crippen molar-refractivity contribution >= 4 is 23.5 Å². The number of carbonyl (C=O) groups excluding carboxylic acids is 3. The molecule has 1 saturated heterocycles. The van der Waals surface area contributed by atoms with E-state index in [9.17, 15) is 14.4 Å². The number of imide groups is 1. The highest BCUT2D eigenvalue weighted by molar-refractivity contribution is 6.22. The Kier molecular flexibility index (Phi) is 4.99. The molecule has 3 atom stereocenters. The number of para-hydroxylation sites is 1. The number of carbonyl (C=O) groups is 3. The zero-order valence-electron chi connectivity index (χ0n) is 17.0. The van der Waals surface area contributed by atoms with Crippen LogP contribution in [0.15, 0.2) is 42.5 Å². The smallest absolute Gasteiger partial charge is 0.343 e. The van der Waals surface area contributed by atoms with Crippen LogP contribution in [0.5, 0.6) is 5.75 Å². The summed E-state index contributed by atoms with van der Waals surface area (Å²) in [4.78, 5) is 39.5. The normalized spacial score (nSPS) is 23.8. The van der Waals surface area contributed by atoms with Crippen LogP contribution in [-0.2, 0) is 9.59 Å². The fraction of sp³-hybridized carbons (Fsp3) is 0.375. The number of amides is 2. The van der Waals surface area contributed by atoms with E-state index < -0.39 is 5.97 Å². The Bertz CT molecular complexity index is 959. The van der Waals surface area contributed by atoms with Crippen molar-refractivity contribution in [3.05, 3.63) is 59.2 Å². The summed E-state index contributed by atoms with van der Waals surface area (Å²) in [7, 11) is 0. The van der Waals surface area contributed by atoms with Crippen LogP contribution in [0.2, 0.25) is 0 Å². The van der Waals surface area contributed by atoms with E-state index in [0.29, 0.717) is 22.9 Å². The molecule has 2 aliphatic rings. The molecular formula is C24H25NO4. The fourth-order valence-electron chi connectivity index (χ4n) is 4.50. The molecule has 1 aliphatic carbocycles. The molecule has 150 valence electrons. The molecular weight excluding hydrogens is 366 g/mol. The van der Waals surface area contributed by atoms with Crippen molar-refractivity contribution in [3.8, 4) is 5.75 Å². The summed E-state index contributed by atoms with van der Waals surface area (Å²) in [6.45, 7) is 5.92. The molecule has 0 spiro atoms. The molecule has 2 fully saturated rings. The Morgan fingerprint density at radius 1 is 0.931 bits per heavy atom. The summed E-state index contributed by atoms with van der Waals surface area (Å²) in [5.74, 6) is -0.0716. The molecule has 0 radical (unpaired) electrons. The third kappa shape index (κ3) is 3.46. The summed E-state index contributed by atoms with van der Waals surface area (Å²) in [6, 6.07) is 12.2. The predicted octanol–water partition coefficient (Wildman–Crippen LogP) is 4.45. The lowest BCUT2D eigenvalue weighted by Gasteiger charge is -2.25. The average Bonchev–Trinajstić information content (AvgIpc) is 2.94. The molecule has 2 aromatic rings. The maximum absolute atomic E-state index is 12.8. The van der Waals surface area contributed by atoms with Gasteiger partial charge in [-0.3, -0.25) is 14.5 Å². The van der Waals surface area contributed by atoms with Crippen molar-refractivity contribution in [2.24, 2.45) is 17.8 Å². The summed E-state index contributed by atoms with van der Waals surface area (Å²) < 4.78 is 5.57. The van der Waals surface area contributed by atoms with Crippen molar-refractivity contribution in [3.63, 3.8) is 0 Å². The Balaban J connectivity index is 1.53. The van der Waals surface area contributed by atoms with Gasteiger partial charge in [0.25, 0.3) is 0 Å².